The van der Waals surface area contributed by atoms with E-state index in [1.807, 2.05) is 53.4 Å². The van der Waals surface area contributed by atoms with Crippen LogP contribution in [0.1, 0.15) is 28.8 Å². The summed E-state index contributed by atoms with van der Waals surface area (Å²) >= 11 is 3.69. The molecule has 5 rings (SSSR count). The van der Waals surface area contributed by atoms with Gasteiger partial charge < -0.3 is 19.0 Å². The van der Waals surface area contributed by atoms with Crippen LogP contribution in [0.2, 0.25) is 0 Å². The van der Waals surface area contributed by atoms with Crippen molar-refractivity contribution in [1.82, 2.24) is 14.9 Å². The van der Waals surface area contributed by atoms with Gasteiger partial charge in [-0.15, -0.1) is 0 Å². The van der Waals surface area contributed by atoms with Gasteiger partial charge >= 0.3 is 0 Å². The van der Waals surface area contributed by atoms with E-state index in [2.05, 4.69) is 25.9 Å². The monoisotopic (exact) mass is 477 g/mol. The third-order valence-corrected chi connectivity index (χ3v) is 6.35. The molecule has 0 saturated carbocycles. The minimum absolute atomic E-state index is 0.103. The zero-order chi connectivity index (χ0) is 21.4. The molecule has 0 saturated heterocycles. The Bertz CT molecular complexity index is 1290. The van der Waals surface area contributed by atoms with Gasteiger partial charge in [0.25, 0.3) is 0 Å². The van der Waals surface area contributed by atoms with Crippen LogP contribution in [-0.4, -0.2) is 34.4 Å². The van der Waals surface area contributed by atoms with Crippen molar-refractivity contribution in [2.75, 3.05) is 13.7 Å². The minimum Gasteiger partial charge on any atom is -0.497 e. The van der Waals surface area contributed by atoms with Crippen molar-refractivity contribution < 1.29 is 13.9 Å². The second-order valence-corrected chi connectivity index (χ2v) is 8.13. The molecule has 156 valence electrons. The number of hydrogen-bond donors (Lipinski definition) is 1. The molecule has 0 unspecified atom stereocenters. The summed E-state index contributed by atoms with van der Waals surface area (Å²) < 4.78 is 12.3. The normalized spacial score (nSPS) is 16.1. The Labute approximate surface area is 187 Å². The van der Waals surface area contributed by atoms with Crippen molar-refractivity contribution in [3.05, 3.63) is 88.1 Å². The van der Waals surface area contributed by atoms with Crippen LogP contribution in [0.5, 0.6) is 5.75 Å². The Hall–Kier alpha value is -3.32. The van der Waals surface area contributed by atoms with E-state index in [0.29, 0.717) is 18.7 Å². The smallest absolute Gasteiger partial charge is 0.247 e. The summed E-state index contributed by atoms with van der Waals surface area (Å²) in [6, 6.07) is 15.0. The van der Waals surface area contributed by atoms with Gasteiger partial charge in [-0.25, -0.2) is 4.98 Å². The van der Waals surface area contributed by atoms with Crippen molar-refractivity contribution in [2.45, 2.75) is 12.5 Å². The average Bonchev–Trinajstić information content (AvgIpc) is 3.41. The zero-order valence-electron chi connectivity index (χ0n) is 16.8. The maximum Gasteiger partial charge on any atom is 0.247 e. The Morgan fingerprint density at radius 1 is 1.29 bits per heavy atom. The first-order valence-electron chi connectivity index (χ1n) is 9.97. The Kier molecular flexibility index (Phi) is 5.11. The zero-order valence-corrected chi connectivity index (χ0v) is 18.4. The molecular formula is C24H20BrN3O3. The number of amides is 1. The van der Waals surface area contributed by atoms with Gasteiger partial charge in [0.2, 0.25) is 5.91 Å². The summed E-state index contributed by atoms with van der Waals surface area (Å²) in [5.41, 5.74) is 3.50. The van der Waals surface area contributed by atoms with Gasteiger partial charge in [-0.3, -0.25) is 4.79 Å². The number of imidazole rings is 1. The molecule has 2 aromatic heterocycles. The number of H-pyrrole nitrogens is 1. The summed E-state index contributed by atoms with van der Waals surface area (Å²) in [6.45, 7) is 0.560. The van der Waals surface area contributed by atoms with Crippen LogP contribution in [0.4, 0.5) is 0 Å². The van der Waals surface area contributed by atoms with Crippen LogP contribution in [0.3, 0.4) is 0 Å². The largest absolute Gasteiger partial charge is 0.497 e. The van der Waals surface area contributed by atoms with Crippen LogP contribution in [0.15, 0.2) is 69.8 Å². The molecule has 0 aliphatic carbocycles. The van der Waals surface area contributed by atoms with Gasteiger partial charge in [0, 0.05) is 30.1 Å². The number of rotatable bonds is 4. The highest BCUT2D eigenvalue weighted by Gasteiger charge is 2.37. The van der Waals surface area contributed by atoms with E-state index < -0.39 is 6.04 Å². The number of carbonyl (C=O) groups excluding carboxylic acids is 1. The lowest BCUT2D eigenvalue weighted by molar-refractivity contribution is -0.128. The predicted molar refractivity (Wildman–Crippen MR) is 122 cm³/mol. The first-order chi connectivity index (χ1) is 15.2. The highest BCUT2D eigenvalue weighted by atomic mass is 79.9. The second-order valence-electron chi connectivity index (χ2n) is 7.34. The van der Waals surface area contributed by atoms with E-state index in [-0.39, 0.29) is 5.91 Å². The van der Waals surface area contributed by atoms with E-state index in [9.17, 15) is 4.79 Å². The second kappa shape index (κ2) is 8.07. The van der Waals surface area contributed by atoms with Crippen LogP contribution < -0.4 is 4.74 Å². The number of furan rings is 1. The summed E-state index contributed by atoms with van der Waals surface area (Å²) in [6.07, 6.45) is 5.78. The summed E-state index contributed by atoms with van der Waals surface area (Å²) in [7, 11) is 1.62. The number of carbonyl (C=O) groups is 1. The number of methoxy groups -OCH3 is 1. The lowest BCUT2D eigenvalue weighted by Crippen LogP contribution is -2.39. The molecular weight excluding hydrogens is 458 g/mol. The number of nitrogens with one attached hydrogen (secondary N) is 1. The molecule has 1 aliphatic rings. The molecule has 1 amide bonds. The molecule has 6 nitrogen and oxygen atoms in total. The van der Waals surface area contributed by atoms with Gasteiger partial charge in [0.05, 0.1) is 23.6 Å². The fourth-order valence-electron chi connectivity index (χ4n) is 4.00. The van der Waals surface area contributed by atoms with E-state index in [0.717, 1.165) is 38.1 Å². The third kappa shape index (κ3) is 3.55. The maximum atomic E-state index is 13.3. The minimum atomic E-state index is -0.417. The number of nitrogens with zero attached hydrogens (tertiary/aromatic N) is 2. The lowest BCUT2D eigenvalue weighted by atomic mass is 10.00. The van der Waals surface area contributed by atoms with Gasteiger partial charge in [0.15, 0.2) is 0 Å². The molecule has 1 aliphatic heterocycles. The van der Waals surface area contributed by atoms with Crippen molar-refractivity contribution in [3.63, 3.8) is 0 Å². The van der Waals surface area contributed by atoms with E-state index in [4.69, 9.17) is 9.15 Å². The number of fused-ring (bicyclic) bond motifs is 2. The molecule has 1 N–H and O–H groups in total. The van der Waals surface area contributed by atoms with Crippen molar-refractivity contribution in [1.29, 1.82) is 0 Å². The highest BCUT2D eigenvalue weighted by Crippen LogP contribution is 2.41. The highest BCUT2D eigenvalue weighted by molar-refractivity contribution is 9.10. The van der Waals surface area contributed by atoms with Gasteiger partial charge in [-0.2, -0.15) is 0 Å². The van der Waals surface area contributed by atoms with Crippen molar-refractivity contribution >= 4 is 38.9 Å². The number of para-hydroxylation sites is 1. The van der Waals surface area contributed by atoms with E-state index >= 15 is 0 Å². The number of ether oxygens (including phenoxy) is 1. The number of benzene rings is 2. The van der Waals surface area contributed by atoms with E-state index in [1.165, 1.54) is 0 Å². The predicted octanol–water partition coefficient (Wildman–Crippen LogP) is 5.11. The number of halogens is 1. The lowest BCUT2D eigenvalue weighted by Gasteiger charge is -2.33. The third-order valence-electron chi connectivity index (χ3n) is 5.53. The van der Waals surface area contributed by atoms with Crippen LogP contribution in [0, 0.1) is 0 Å². The molecule has 31 heavy (non-hydrogen) atoms. The van der Waals surface area contributed by atoms with Crippen LogP contribution in [0.25, 0.3) is 17.0 Å². The quantitative estimate of drug-likeness (QED) is 0.414. The Balaban J connectivity index is 1.53. The fraction of sp³-hybridized carbons (Fsp3) is 0.167. The number of aromatic nitrogens is 2. The molecule has 7 heteroatoms. The first-order valence-corrected chi connectivity index (χ1v) is 10.8. The average molecular weight is 478 g/mol. The van der Waals surface area contributed by atoms with Gasteiger partial charge in [0.1, 0.15) is 23.1 Å². The maximum absolute atomic E-state index is 13.3. The summed E-state index contributed by atoms with van der Waals surface area (Å²) in [4.78, 5) is 22.8. The summed E-state index contributed by atoms with van der Waals surface area (Å²) in [5, 5.41) is 0.972. The van der Waals surface area contributed by atoms with Crippen LogP contribution in [-0.2, 0) is 11.2 Å². The number of aromatic amines is 1. The standard InChI is InChI=1S/C24H20BrN3O3/c1-30-16-6-4-5-15(13-16)9-10-20(29)28-12-11-18-22(27-14-26-18)23(28)24-21(25)17-7-2-3-8-19(17)31-24/h2-10,13-14,23H,11-12H2,1H3,(H,26,27)/b10-9+/t23-/m1/s1. The molecule has 0 bridgehead atoms. The molecule has 0 fully saturated rings. The molecule has 4 aromatic rings. The Morgan fingerprint density at radius 2 is 2.16 bits per heavy atom. The topological polar surface area (TPSA) is 71.4 Å². The Morgan fingerprint density at radius 3 is 3.00 bits per heavy atom. The van der Waals surface area contributed by atoms with Crippen molar-refractivity contribution in [2.24, 2.45) is 0 Å². The molecule has 0 spiro atoms. The SMILES string of the molecule is COc1cccc(/C=C/C(=O)N2CCc3[nH]cnc3[C@@H]2c2oc3ccccc3c2Br)c1. The number of hydrogen-bond acceptors (Lipinski definition) is 4. The molecule has 2 aromatic carbocycles. The molecule has 1 atom stereocenters. The first kappa shape index (κ1) is 19.6. The van der Waals surface area contributed by atoms with Gasteiger partial charge in [-0.1, -0.05) is 24.3 Å². The fourth-order valence-corrected chi connectivity index (χ4v) is 4.62. The van der Waals surface area contributed by atoms with Crippen molar-refractivity contribution in [3.8, 4) is 5.75 Å². The molecule has 3 heterocycles. The van der Waals surface area contributed by atoms with E-state index in [1.54, 1.807) is 25.6 Å². The van der Waals surface area contributed by atoms with Crippen LogP contribution >= 0.6 is 15.9 Å². The summed E-state index contributed by atoms with van der Waals surface area (Å²) in [5.74, 6) is 1.32. The molecule has 0 radical (unpaired) electrons. The van der Waals surface area contributed by atoms with Gasteiger partial charge in [-0.05, 0) is 51.8 Å².